The number of ether oxygens (including phenoxy) is 1. The Bertz CT molecular complexity index is 1050. The van der Waals surface area contributed by atoms with E-state index in [1.54, 1.807) is 36.1 Å². The molecule has 2 aromatic rings. The zero-order valence-corrected chi connectivity index (χ0v) is 17.0. The molecule has 1 unspecified atom stereocenters. The van der Waals surface area contributed by atoms with E-state index in [0.29, 0.717) is 37.2 Å². The molecule has 3 heterocycles. The lowest BCUT2D eigenvalue weighted by Gasteiger charge is -2.27. The number of carbonyl (C=O) groups excluding carboxylic acids is 2. The lowest BCUT2D eigenvalue weighted by molar-refractivity contribution is -0.384. The number of nitro groups is 1. The van der Waals surface area contributed by atoms with Gasteiger partial charge in [-0.05, 0) is 30.5 Å². The normalized spacial score (nSPS) is 17.7. The Balaban J connectivity index is 1.51. The second-order valence-electron chi connectivity index (χ2n) is 6.89. The first kappa shape index (κ1) is 19.9. The summed E-state index contributed by atoms with van der Waals surface area (Å²) < 4.78 is 5.08. The standard InChI is InChI=1S/C20H20N4O5S/c1-2-29-20(26)23-9-8-14-15(11-23)30-19-17(14)18(25)21-16(22-19)7-6-12-4-3-5-13(10-12)24(27)28/h3-7,10,16,22H,2,8-9,11H2,1H3,(H,21,25)/b7-6-. The van der Waals surface area contributed by atoms with Crippen LogP contribution in [0.3, 0.4) is 0 Å². The summed E-state index contributed by atoms with van der Waals surface area (Å²) in [6, 6.07) is 6.28. The highest BCUT2D eigenvalue weighted by atomic mass is 32.1. The Morgan fingerprint density at radius 2 is 2.27 bits per heavy atom. The fourth-order valence-electron chi connectivity index (χ4n) is 3.55. The molecule has 1 aromatic heterocycles. The molecule has 2 aliphatic heterocycles. The number of fused-ring (bicyclic) bond motifs is 3. The molecule has 9 nitrogen and oxygen atoms in total. The Morgan fingerprint density at radius 3 is 3.03 bits per heavy atom. The average molecular weight is 428 g/mol. The highest BCUT2D eigenvalue weighted by molar-refractivity contribution is 7.16. The monoisotopic (exact) mass is 428 g/mol. The van der Waals surface area contributed by atoms with Gasteiger partial charge in [-0.15, -0.1) is 11.3 Å². The number of rotatable bonds is 4. The Kier molecular flexibility index (Phi) is 5.40. The van der Waals surface area contributed by atoms with Gasteiger partial charge in [-0.1, -0.05) is 18.2 Å². The van der Waals surface area contributed by atoms with Gasteiger partial charge in [0, 0.05) is 23.6 Å². The third kappa shape index (κ3) is 3.86. The number of hydrogen-bond acceptors (Lipinski definition) is 7. The Hall–Kier alpha value is -3.40. The zero-order valence-electron chi connectivity index (χ0n) is 16.2. The van der Waals surface area contributed by atoms with Crippen LogP contribution in [0.15, 0.2) is 30.3 Å². The number of carbonyl (C=O) groups is 2. The summed E-state index contributed by atoms with van der Waals surface area (Å²) in [5.41, 5.74) is 2.29. The van der Waals surface area contributed by atoms with Crippen LogP contribution in [0, 0.1) is 10.1 Å². The number of nitrogens with zero attached hydrogens (tertiary/aromatic N) is 2. The molecule has 1 atom stereocenters. The molecule has 156 valence electrons. The summed E-state index contributed by atoms with van der Waals surface area (Å²) in [5, 5.41) is 17.9. The molecule has 0 bridgehead atoms. The zero-order chi connectivity index (χ0) is 21.3. The number of anilines is 1. The molecular formula is C20H20N4O5S. The fourth-order valence-corrected chi connectivity index (χ4v) is 4.85. The van der Waals surface area contributed by atoms with Crippen LogP contribution in [-0.4, -0.2) is 41.1 Å². The topological polar surface area (TPSA) is 114 Å². The van der Waals surface area contributed by atoms with E-state index in [4.69, 9.17) is 4.74 Å². The van der Waals surface area contributed by atoms with Crippen LogP contribution in [0.5, 0.6) is 0 Å². The van der Waals surface area contributed by atoms with Crippen molar-refractivity contribution in [2.45, 2.75) is 26.1 Å². The quantitative estimate of drug-likeness (QED) is 0.570. The minimum absolute atomic E-state index is 0.0113. The second kappa shape index (κ2) is 8.15. The van der Waals surface area contributed by atoms with Gasteiger partial charge in [0.1, 0.15) is 11.2 Å². The number of nitro benzene ring substituents is 1. The van der Waals surface area contributed by atoms with Crippen molar-refractivity contribution in [3.05, 3.63) is 62.0 Å². The first-order valence-electron chi connectivity index (χ1n) is 9.52. The summed E-state index contributed by atoms with van der Waals surface area (Å²) in [4.78, 5) is 37.8. The van der Waals surface area contributed by atoms with Crippen LogP contribution in [0.1, 0.15) is 33.3 Å². The molecule has 0 aliphatic carbocycles. The van der Waals surface area contributed by atoms with E-state index in [1.165, 1.54) is 23.5 Å². The van der Waals surface area contributed by atoms with Crippen molar-refractivity contribution in [3.63, 3.8) is 0 Å². The molecule has 10 heteroatoms. The third-order valence-corrected chi connectivity index (χ3v) is 6.09. The van der Waals surface area contributed by atoms with Crippen molar-refractivity contribution in [3.8, 4) is 0 Å². The molecule has 30 heavy (non-hydrogen) atoms. The van der Waals surface area contributed by atoms with Crippen LogP contribution in [0.25, 0.3) is 6.08 Å². The number of amides is 2. The molecule has 0 saturated heterocycles. The van der Waals surface area contributed by atoms with Crippen LogP contribution in [0.2, 0.25) is 0 Å². The molecule has 2 amide bonds. The highest BCUT2D eigenvalue weighted by Gasteiger charge is 2.33. The van der Waals surface area contributed by atoms with E-state index in [2.05, 4.69) is 10.6 Å². The minimum atomic E-state index is -0.444. The molecule has 4 rings (SSSR count). The summed E-state index contributed by atoms with van der Waals surface area (Å²) in [5.74, 6) is -0.167. The van der Waals surface area contributed by atoms with E-state index in [0.717, 1.165) is 15.4 Å². The van der Waals surface area contributed by atoms with Crippen LogP contribution in [-0.2, 0) is 17.7 Å². The van der Waals surface area contributed by atoms with Gasteiger partial charge in [-0.3, -0.25) is 14.9 Å². The molecule has 0 fully saturated rings. The number of hydrogen-bond donors (Lipinski definition) is 2. The van der Waals surface area contributed by atoms with Gasteiger partial charge in [0.05, 0.1) is 23.6 Å². The van der Waals surface area contributed by atoms with E-state index in [1.807, 2.05) is 0 Å². The number of benzene rings is 1. The smallest absolute Gasteiger partial charge is 0.410 e. The maximum absolute atomic E-state index is 12.7. The number of thiophene rings is 1. The van der Waals surface area contributed by atoms with Crippen molar-refractivity contribution in [2.24, 2.45) is 0 Å². The molecule has 0 saturated carbocycles. The molecule has 2 aliphatic rings. The van der Waals surface area contributed by atoms with Gasteiger partial charge in [-0.2, -0.15) is 0 Å². The summed E-state index contributed by atoms with van der Waals surface area (Å²) in [6.07, 6.45) is 3.30. The largest absolute Gasteiger partial charge is 0.450 e. The van der Waals surface area contributed by atoms with Gasteiger partial charge in [0.25, 0.3) is 11.6 Å². The molecule has 0 spiro atoms. The fraction of sp³-hybridized carbons (Fsp3) is 0.300. The Labute approximate surface area is 176 Å². The molecule has 2 N–H and O–H groups in total. The van der Waals surface area contributed by atoms with E-state index >= 15 is 0 Å². The second-order valence-corrected chi connectivity index (χ2v) is 7.99. The van der Waals surface area contributed by atoms with Gasteiger partial charge in [0.2, 0.25) is 0 Å². The van der Waals surface area contributed by atoms with Crippen LogP contribution < -0.4 is 10.6 Å². The predicted octanol–water partition coefficient (Wildman–Crippen LogP) is 3.37. The third-order valence-electron chi connectivity index (χ3n) is 4.95. The van der Waals surface area contributed by atoms with E-state index < -0.39 is 11.1 Å². The molecule has 1 aromatic carbocycles. The Morgan fingerprint density at radius 1 is 1.43 bits per heavy atom. The van der Waals surface area contributed by atoms with Crippen molar-refractivity contribution in [1.82, 2.24) is 10.2 Å². The lowest BCUT2D eigenvalue weighted by Crippen LogP contribution is -2.43. The number of non-ortho nitro benzene ring substituents is 1. The van der Waals surface area contributed by atoms with E-state index in [-0.39, 0.29) is 17.7 Å². The van der Waals surface area contributed by atoms with E-state index in [9.17, 15) is 19.7 Å². The summed E-state index contributed by atoms with van der Waals surface area (Å²) in [7, 11) is 0. The first-order chi connectivity index (χ1) is 14.5. The van der Waals surface area contributed by atoms with Gasteiger partial charge >= 0.3 is 6.09 Å². The maximum atomic E-state index is 12.7. The van der Waals surface area contributed by atoms with Crippen molar-refractivity contribution in [1.29, 1.82) is 0 Å². The lowest BCUT2D eigenvalue weighted by atomic mass is 10.0. The van der Waals surface area contributed by atoms with Crippen molar-refractivity contribution >= 4 is 40.1 Å². The SMILES string of the molecule is CCOC(=O)N1CCc2c(sc3c2C(=O)NC(/C=C\c2cccc([N+](=O)[O-])c2)N3)C1. The maximum Gasteiger partial charge on any atom is 0.410 e. The van der Waals surface area contributed by atoms with Crippen molar-refractivity contribution in [2.75, 3.05) is 18.5 Å². The predicted molar refractivity (Wildman–Crippen MR) is 112 cm³/mol. The summed E-state index contributed by atoms with van der Waals surface area (Å²) in [6.45, 7) is 3.03. The van der Waals surface area contributed by atoms with Gasteiger partial charge < -0.3 is 20.3 Å². The minimum Gasteiger partial charge on any atom is -0.450 e. The van der Waals surface area contributed by atoms with Crippen LogP contribution >= 0.6 is 11.3 Å². The van der Waals surface area contributed by atoms with Crippen molar-refractivity contribution < 1.29 is 19.2 Å². The van der Waals surface area contributed by atoms with Crippen LogP contribution in [0.4, 0.5) is 15.5 Å². The van der Waals surface area contributed by atoms with Gasteiger partial charge in [-0.25, -0.2) is 4.79 Å². The summed E-state index contributed by atoms with van der Waals surface area (Å²) >= 11 is 1.47. The molecule has 0 radical (unpaired) electrons. The molecular weight excluding hydrogens is 408 g/mol. The van der Waals surface area contributed by atoms with Gasteiger partial charge in [0.15, 0.2) is 0 Å². The number of nitrogens with one attached hydrogen (secondary N) is 2. The average Bonchev–Trinajstić information content (AvgIpc) is 3.10. The first-order valence-corrected chi connectivity index (χ1v) is 10.3. The highest BCUT2D eigenvalue weighted by Crippen LogP contribution is 2.39.